The van der Waals surface area contributed by atoms with Gasteiger partial charge in [0.15, 0.2) is 5.82 Å². The van der Waals surface area contributed by atoms with Crippen molar-refractivity contribution in [2.45, 2.75) is 37.5 Å². The molecule has 2 aromatic rings. The summed E-state index contributed by atoms with van der Waals surface area (Å²) in [4.78, 5) is 17.4. The number of pyridine rings is 1. The first-order valence-corrected chi connectivity index (χ1v) is 8.94. The Balaban J connectivity index is 1.62. The van der Waals surface area contributed by atoms with Crippen LogP contribution in [-0.2, 0) is 12.6 Å². The summed E-state index contributed by atoms with van der Waals surface area (Å²) in [6.07, 6.45) is -2.66. The number of aromatic nitrogens is 1. The third-order valence-electron chi connectivity index (χ3n) is 5.25. The lowest BCUT2D eigenvalue weighted by Gasteiger charge is -2.36. The Morgan fingerprint density at radius 1 is 1.21 bits per heavy atom. The van der Waals surface area contributed by atoms with E-state index in [1.165, 1.54) is 4.90 Å². The van der Waals surface area contributed by atoms with E-state index < -0.39 is 58.1 Å². The largest absolute Gasteiger partial charge is 0.417 e. The van der Waals surface area contributed by atoms with Crippen molar-refractivity contribution in [1.82, 2.24) is 9.88 Å². The predicted octanol–water partition coefficient (Wildman–Crippen LogP) is 5.46. The summed E-state index contributed by atoms with van der Waals surface area (Å²) in [6, 6.07) is -0.938. The van der Waals surface area contributed by atoms with E-state index in [9.17, 15) is 31.1 Å². The second-order valence-electron chi connectivity index (χ2n) is 6.90. The zero-order valence-corrected chi connectivity index (χ0v) is 15.2. The number of nitrogens with zero attached hydrogens (tertiary/aromatic N) is 2. The van der Waals surface area contributed by atoms with Crippen LogP contribution in [0.3, 0.4) is 0 Å². The molecule has 1 aromatic carbocycles. The van der Waals surface area contributed by atoms with Crippen molar-refractivity contribution in [3.8, 4) is 0 Å². The van der Waals surface area contributed by atoms with E-state index in [1.54, 1.807) is 0 Å². The molecule has 29 heavy (non-hydrogen) atoms. The molecule has 1 aromatic heterocycles. The van der Waals surface area contributed by atoms with Crippen LogP contribution in [0.2, 0.25) is 5.02 Å². The maximum atomic E-state index is 14.1. The Morgan fingerprint density at radius 3 is 2.62 bits per heavy atom. The van der Waals surface area contributed by atoms with Gasteiger partial charge < -0.3 is 10.2 Å². The van der Waals surface area contributed by atoms with Crippen molar-refractivity contribution in [3.05, 3.63) is 57.6 Å². The molecular weight excluding hydrogens is 424 g/mol. The van der Waals surface area contributed by atoms with E-state index in [0.717, 1.165) is 6.20 Å². The number of anilines is 1. The highest BCUT2D eigenvalue weighted by Gasteiger charge is 2.44. The predicted molar refractivity (Wildman–Crippen MR) is 90.9 cm³/mol. The van der Waals surface area contributed by atoms with Crippen LogP contribution in [0.5, 0.6) is 0 Å². The third kappa shape index (κ3) is 3.29. The summed E-state index contributed by atoms with van der Waals surface area (Å²) in [5.74, 6) is -3.57. The first-order valence-electron chi connectivity index (χ1n) is 8.56. The molecule has 3 heterocycles. The summed E-state index contributed by atoms with van der Waals surface area (Å²) in [6.45, 7) is 0. The van der Waals surface area contributed by atoms with Gasteiger partial charge in [-0.2, -0.15) is 17.6 Å². The topological polar surface area (TPSA) is 45.2 Å². The van der Waals surface area contributed by atoms with Crippen molar-refractivity contribution in [2.75, 3.05) is 5.32 Å². The van der Waals surface area contributed by atoms with E-state index >= 15 is 0 Å². The van der Waals surface area contributed by atoms with Gasteiger partial charge in [0, 0.05) is 17.8 Å². The van der Waals surface area contributed by atoms with Gasteiger partial charge >= 0.3 is 12.2 Å². The van der Waals surface area contributed by atoms with Gasteiger partial charge in [-0.15, -0.1) is 0 Å². The summed E-state index contributed by atoms with van der Waals surface area (Å²) >= 11 is 5.59. The number of carbonyl (C=O) groups is 1. The van der Waals surface area contributed by atoms with E-state index in [-0.39, 0.29) is 18.1 Å². The lowest BCUT2D eigenvalue weighted by atomic mass is 9.95. The Kier molecular flexibility index (Phi) is 4.64. The van der Waals surface area contributed by atoms with Crippen molar-refractivity contribution < 1.29 is 31.1 Å². The molecule has 2 aliphatic heterocycles. The van der Waals surface area contributed by atoms with Crippen molar-refractivity contribution in [3.63, 3.8) is 0 Å². The molecule has 2 atom stereocenters. The SMILES string of the molecule is O=C(Nc1cc(Cl)c(C(F)(F)F)cc1F)N1[C@H]2CC[C@@H]1c1cnc(F)c(F)c1C2. The van der Waals surface area contributed by atoms with E-state index in [0.29, 0.717) is 24.5 Å². The molecule has 4 nitrogen and oxygen atoms in total. The van der Waals surface area contributed by atoms with Crippen LogP contribution in [0.25, 0.3) is 0 Å². The Morgan fingerprint density at radius 2 is 1.93 bits per heavy atom. The fourth-order valence-electron chi connectivity index (χ4n) is 3.98. The molecule has 0 radical (unpaired) electrons. The Hall–Kier alpha value is -2.49. The summed E-state index contributed by atoms with van der Waals surface area (Å²) < 4.78 is 80.1. The quantitative estimate of drug-likeness (QED) is 0.477. The highest BCUT2D eigenvalue weighted by molar-refractivity contribution is 6.31. The van der Waals surface area contributed by atoms with Gasteiger partial charge in [-0.05, 0) is 37.0 Å². The number of amides is 2. The molecule has 2 aliphatic rings. The number of rotatable bonds is 1. The fourth-order valence-corrected chi connectivity index (χ4v) is 4.25. The molecule has 0 unspecified atom stereocenters. The third-order valence-corrected chi connectivity index (χ3v) is 5.56. The number of alkyl halides is 3. The van der Waals surface area contributed by atoms with E-state index in [4.69, 9.17) is 11.6 Å². The number of urea groups is 1. The number of hydrogen-bond donors (Lipinski definition) is 1. The molecule has 0 saturated carbocycles. The molecule has 1 N–H and O–H groups in total. The molecule has 2 amide bonds. The zero-order valence-electron chi connectivity index (χ0n) is 14.5. The first kappa shape index (κ1) is 19.8. The monoisotopic (exact) mass is 435 g/mol. The second kappa shape index (κ2) is 6.79. The number of nitrogens with one attached hydrogen (secondary N) is 1. The van der Waals surface area contributed by atoms with Crippen LogP contribution in [0.4, 0.5) is 36.8 Å². The Labute approximate surface area is 165 Å². The molecule has 1 saturated heterocycles. The second-order valence-corrected chi connectivity index (χ2v) is 7.30. The average molecular weight is 436 g/mol. The van der Waals surface area contributed by atoms with Crippen LogP contribution in [0.1, 0.15) is 35.6 Å². The van der Waals surface area contributed by atoms with Gasteiger partial charge in [0.2, 0.25) is 5.95 Å². The zero-order chi connectivity index (χ0) is 21.1. The molecule has 2 bridgehead atoms. The fraction of sp³-hybridized carbons (Fsp3) is 0.333. The highest BCUT2D eigenvalue weighted by Crippen LogP contribution is 2.45. The maximum absolute atomic E-state index is 14.1. The minimum absolute atomic E-state index is 0.0563. The minimum Gasteiger partial charge on any atom is -0.314 e. The number of hydrogen-bond acceptors (Lipinski definition) is 2. The lowest BCUT2D eigenvalue weighted by molar-refractivity contribution is -0.137. The highest BCUT2D eigenvalue weighted by atomic mass is 35.5. The number of carbonyl (C=O) groups excluding carboxylic acids is 1. The van der Waals surface area contributed by atoms with Gasteiger partial charge in [0.1, 0.15) is 5.82 Å². The van der Waals surface area contributed by atoms with Gasteiger partial charge in [0.05, 0.1) is 22.3 Å². The van der Waals surface area contributed by atoms with Gasteiger partial charge in [0.25, 0.3) is 0 Å². The number of halogens is 7. The van der Waals surface area contributed by atoms with Crippen LogP contribution >= 0.6 is 11.6 Å². The van der Waals surface area contributed by atoms with Gasteiger partial charge in [-0.1, -0.05) is 11.6 Å². The van der Waals surface area contributed by atoms with Crippen molar-refractivity contribution >= 4 is 23.3 Å². The van der Waals surface area contributed by atoms with Crippen molar-refractivity contribution in [1.29, 1.82) is 0 Å². The van der Waals surface area contributed by atoms with Crippen LogP contribution in [0.15, 0.2) is 18.3 Å². The van der Waals surface area contributed by atoms with Crippen molar-refractivity contribution in [2.24, 2.45) is 0 Å². The molecule has 11 heteroatoms. The number of fused-ring (bicyclic) bond motifs is 4. The summed E-state index contributed by atoms with van der Waals surface area (Å²) in [7, 11) is 0. The molecule has 4 rings (SSSR count). The number of benzene rings is 1. The van der Waals surface area contributed by atoms with Crippen LogP contribution in [0, 0.1) is 17.6 Å². The smallest absolute Gasteiger partial charge is 0.314 e. The minimum atomic E-state index is -4.84. The summed E-state index contributed by atoms with van der Waals surface area (Å²) in [5.41, 5.74) is -1.36. The summed E-state index contributed by atoms with van der Waals surface area (Å²) in [5, 5.41) is 1.47. The van der Waals surface area contributed by atoms with Crippen LogP contribution in [-0.4, -0.2) is 22.0 Å². The molecule has 154 valence electrons. The maximum Gasteiger partial charge on any atom is 0.417 e. The van der Waals surface area contributed by atoms with E-state index in [2.05, 4.69) is 10.3 Å². The normalized spacial score (nSPS) is 20.6. The molecule has 0 aliphatic carbocycles. The van der Waals surface area contributed by atoms with Gasteiger partial charge in [-0.25, -0.2) is 18.6 Å². The van der Waals surface area contributed by atoms with E-state index in [1.807, 2.05) is 0 Å². The molecule has 0 spiro atoms. The Bertz CT molecular complexity index is 1010. The molecule has 1 fully saturated rings. The molecular formula is C18H12ClF6N3O. The first-order chi connectivity index (χ1) is 13.6. The van der Waals surface area contributed by atoms with Crippen LogP contribution < -0.4 is 5.32 Å². The van der Waals surface area contributed by atoms with Gasteiger partial charge in [-0.3, -0.25) is 0 Å². The average Bonchev–Trinajstić information content (AvgIpc) is 2.95. The lowest BCUT2D eigenvalue weighted by Crippen LogP contribution is -2.44. The standard InChI is InChI=1S/C18H12ClF6N3O/c19-11-5-13(12(20)4-10(11)18(23,24)25)27-17(29)28-7-1-2-14(28)9-6-26-16(22)15(21)8(9)3-7/h4-7,14H,1-3H2,(H,27,29)/t7-,14+/m0/s1.